The van der Waals surface area contributed by atoms with Crippen LogP contribution in [-0.2, 0) is 4.79 Å². The van der Waals surface area contributed by atoms with Crippen LogP contribution in [-0.4, -0.2) is 34.9 Å². The average Bonchev–Trinajstić information content (AvgIpc) is 3.36. The Morgan fingerprint density at radius 1 is 0.357 bits per heavy atom. The Hall–Kier alpha value is -2.95. The number of amides is 1. The maximum absolute atomic E-state index is 12.5. The minimum atomic E-state index is -0.886. The van der Waals surface area contributed by atoms with Crippen molar-refractivity contribution in [1.82, 2.24) is 5.32 Å². The van der Waals surface area contributed by atoms with E-state index in [0.29, 0.717) is 6.42 Å². The van der Waals surface area contributed by atoms with E-state index in [0.717, 1.165) is 89.9 Å². The topological polar surface area (TPSA) is 69.6 Å². The van der Waals surface area contributed by atoms with Gasteiger partial charge in [-0.1, -0.05) is 297 Å². The third kappa shape index (κ3) is 56.0. The Labute approximate surface area is 436 Å². The molecule has 1 amide bonds. The molecule has 4 heteroatoms. The van der Waals surface area contributed by atoms with E-state index < -0.39 is 12.1 Å². The van der Waals surface area contributed by atoms with Crippen molar-refractivity contribution in [2.75, 3.05) is 6.61 Å². The van der Waals surface area contributed by atoms with Gasteiger partial charge in [0.2, 0.25) is 5.91 Å². The fraction of sp³-hybridized carbons (Fsp3) is 0.712. The number of allylic oxidation sites excluding steroid dienone is 17. The summed E-state index contributed by atoms with van der Waals surface area (Å²) in [6.07, 6.45) is 91.3. The molecule has 0 aromatic heterocycles. The second-order valence-corrected chi connectivity index (χ2v) is 20.0. The van der Waals surface area contributed by atoms with Crippen LogP contribution in [0.15, 0.2) is 109 Å². The molecule has 4 nitrogen and oxygen atoms in total. The largest absolute Gasteiger partial charge is 0.394 e. The lowest BCUT2D eigenvalue weighted by Gasteiger charge is -2.19. The summed E-state index contributed by atoms with van der Waals surface area (Å²) in [5, 5.41) is 23.1. The number of rotatable bonds is 54. The van der Waals surface area contributed by atoms with Crippen molar-refractivity contribution in [2.24, 2.45) is 0 Å². The molecular formula is C66H115NO3. The van der Waals surface area contributed by atoms with Crippen molar-refractivity contribution in [3.63, 3.8) is 0 Å². The Balaban J connectivity index is 3.60. The first-order valence-corrected chi connectivity index (χ1v) is 30.1. The standard InChI is InChI=1S/C66H115NO3/c1-3-5-7-9-11-13-15-17-19-21-23-25-27-29-30-31-32-33-34-35-36-38-39-41-43-45-47-49-51-53-55-57-59-61-65(69)64(63-68)67-66(70)62-60-58-56-54-52-50-48-46-44-42-40-37-28-26-24-22-20-18-16-14-12-10-8-6-4-2/h6,8,12,14,18,20,24,26,37,40,44,46,50-53,59,61,64-65,68-69H,3-5,7,9-11,13,15-17,19,21-23,25,27-36,38-39,41-43,45,47-49,54-58,60,62-63H2,1-2H3,(H,67,70)/b8-6-,14-12-,20-18-,26-24-,40-37-,46-44-,52-50-,53-51+,61-59+. The van der Waals surface area contributed by atoms with Crippen molar-refractivity contribution < 1.29 is 15.0 Å². The molecule has 0 fully saturated rings. The summed E-state index contributed by atoms with van der Waals surface area (Å²) in [6.45, 7) is 4.18. The zero-order valence-electron chi connectivity index (χ0n) is 46.3. The second kappa shape index (κ2) is 60.4. The molecule has 0 saturated heterocycles. The predicted molar refractivity (Wildman–Crippen MR) is 313 cm³/mol. The zero-order valence-corrected chi connectivity index (χ0v) is 46.3. The molecule has 0 aliphatic carbocycles. The monoisotopic (exact) mass is 970 g/mol. The van der Waals surface area contributed by atoms with Gasteiger partial charge in [-0.3, -0.25) is 4.79 Å². The molecule has 0 rings (SSSR count). The molecule has 2 unspecified atom stereocenters. The third-order valence-electron chi connectivity index (χ3n) is 13.2. The van der Waals surface area contributed by atoms with Crippen LogP contribution < -0.4 is 5.32 Å². The van der Waals surface area contributed by atoms with Gasteiger partial charge in [0.05, 0.1) is 18.8 Å². The number of carbonyl (C=O) groups excluding carboxylic acids is 1. The smallest absolute Gasteiger partial charge is 0.220 e. The first-order chi connectivity index (χ1) is 34.7. The molecule has 0 radical (unpaired) electrons. The van der Waals surface area contributed by atoms with E-state index in [1.165, 1.54) is 173 Å². The quantitative estimate of drug-likeness (QED) is 0.0420. The Morgan fingerprint density at radius 2 is 0.643 bits per heavy atom. The van der Waals surface area contributed by atoms with Gasteiger partial charge in [0.25, 0.3) is 0 Å². The van der Waals surface area contributed by atoms with Crippen LogP contribution >= 0.6 is 0 Å². The molecule has 402 valence electrons. The molecule has 0 aromatic carbocycles. The minimum Gasteiger partial charge on any atom is -0.394 e. The maximum atomic E-state index is 12.5. The van der Waals surface area contributed by atoms with Crippen LogP contribution in [0.5, 0.6) is 0 Å². The van der Waals surface area contributed by atoms with Crippen LogP contribution in [0.2, 0.25) is 0 Å². The lowest BCUT2D eigenvalue weighted by Crippen LogP contribution is -2.45. The molecule has 0 saturated carbocycles. The number of hydrogen-bond donors (Lipinski definition) is 3. The maximum Gasteiger partial charge on any atom is 0.220 e. The molecule has 70 heavy (non-hydrogen) atoms. The van der Waals surface area contributed by atoms with Crippen molar-refractivity contribution in [3.8, 4) is 0 Å². The molecule has 0 aromatic rings. The summed E-state index contributed by atoms with van der Waals surface area (Å²) in [5.41, 5.74) is 0. The van der Waals surface area contributed by atoms with E-state index in [9.17, 15) is 15.0 Å². The van der Waals surface area contributed by atoms with Crippen LogP contribution in [0.3, 0.4) is 0 Å². The summed E-state index contributed by atoms with van der Waals surface area (Å²) in [7, 11) is 0. The van der Waals surface area contributed by atoms with Gasteiger partial charge < -0.3 is 15.5 Å². The molecule has 0 spiro atoms. The third-order valence-corrected chi connectivity index (χ3v) is 13.2. The highest BCUT2D eigenvalue weighted by atomic mass is 16.3. The predicted octanol–water partition coefficient (Wildman–Crippen LogP) is 20.3. The number of carbonyl (C=O) groups is 1. The first kappa shape index (κ1) is 67.0. The van der Waals surface area contributed by atoms with Crippen molar-refractivity contribution >= 4 is 5.91 Å². The number of hydrogen-bond acceptors (Lipinski definition) is 3. The van der Waals surface area contributed by atoms with E-state index in [4.69, 9.17) is 0 Å². The van der Waals surface area contributed by atoms with Crippen LogP contribution in [0, 0.1) is 0 Å². The second-order valence-electron chi connectivity index (χ2n) is 20.0. The Bertz CT molecular complexity index is 1330. The fourth-order valence-electron chi connectivity index (χ4n) is 8.71. The van der Waals surface area contributed by atoms with E-state index in [-0.39, 0.29) is 12.5 Å². The fourth-order valence-corrected chi connectivity index (χ4v) is 8.71. The lowest BCUT2D eigenvalue weighted by atomic mass is 10.0. The van der Waals surface area contributed by atoms with Crippen LogP contribution in [0.25, 0.3) is 0 Å². The number of aliphatic hydroxyl groups excluding tert-OH is 2. The summed E-state index contributed by atoms with van der Waals surface area (Å²) >= 11 is 0. The van der Waals surface area contributed by atoms with Crippen molar-refractivity contribution in [3.05, 3.63) is 109 Å². The average molecular weight is 971 g/mol. The van der Waals surface area contributed by atoms with Gasteiger partial charge in [-0.15, -0.1) is 0 Å². The van der Waals surface area contributed by atoms with Gasteiger partial charge in [0.15, 0.2) is 0 Å². The Morgan fingerprint density at radius 3 is 1.00 bits per heavy atom. The highest BCUT2D eigenvalue weighted by Gasteiger charge is 2.17. The summed E-state index contributed by atoms with van der Waals surface area (Å²) in [6, 6.07) is -0.667. The molecule has 3 N–H and O–H groups in total. The van der Waals surface area contributed by atoms with Gasteiger partial charge >= 0.3 is 0 Å². The van der Waals surface area contributed by atoms with Crippen molar-refractivity contribution in [2.45, 2.75) is 296 Å². The van der Waals surface area contributed by atoms with E-state index >= 15 is 0 Å². The van der Waals surface area contributed by atoms with E-state index in [1.54, 1.807) is 6.08 Å². The molecule has 0 aliphatic rings. The summed E-state index contributed by atoms with van der Waals surface area (Å²) in [4.78, 5) is 12.5. The summed E-state index contributed by atoms with van der Waals surface area (Å²) in [5.74, 6) is -0.108. The zero-order chi connectivity index (χ0) is 50.6. The normalized spacial score (nSPS) is 13.6. The minimum absolute atomic E-state index is 0.108. The van der Waals surface area contributed by atoms with Gasteiger partial charge in [0, 0.05) is 6.42 Å². The molecule has 0 bridgehead atoms. The first-order valence-electron chi connectivity index (χ1n) is 30.1. The highest BCUT2D eigenvalue weighted by molar-refractivity contribution is 5.76. The van der Waals surface area contributed by atoms with Crippen molar-refractivity contribution in [1.29, 1.82) is 0 Å². The summed E-state index contributed by atoms with van der Waals surface area (Å²) < 4.78 is 0. The van der Waals surface area contributed by atoms with Gasteiger partial charge in [-0.25, -0.2) is 0 Å². The molecule has 0 heterocycles. The van der Waals surface area contributed by atoms with Crippen LogP contribution in [0.4, 0.5) is 0 Å². The lowest BCUT2D eigenvalue weighted by molar-refractivity contribution is -0.123. The van der Waals surface area contributed by atoms with Crippen LogP contribution in [0.1, 0.15) is 284 Å². The molecule has 0 aliphatic heterocycles. The SMILES string of the molecule is CC/C=C\C/C=C\C/C=C\C/C=C\C/C=C\C/C=C\C/C=C\CCCCCC(=O)NC(CO)C(O)/C=C/CC/C=C/CCCCCCCCCCCCCCCCCCCCCCCCCCCCC. The Kier molecular flexibility index (Phi) is 57.8. The molecular weight excluding hydrogens is 855 g/mol. The number of unbranched alkanes of at least 4 members (excludes halogenated alkanes) is 31. The van der Waals surface area contributed by atoms with E-state index in [1.807, 2.05) is 6.08 Å². The number of aliphatic hydroxyl groups is 2. The van der Waals surface area contributed by atoms with Gasteiger partial charge in [-0.05, 0) is 89.9 Å². The highest BCUT2D eigenvalue weighted by Crippen LogP contribution is 2.17. The molecule has 2 atom stereocenters. The number of nitrogens with one attached hydrogen (secondary N) is 1. The van der Waals surface area contributed by atoms with Gasteiger partial charge in [0.1, 0.15) is 0 Å². The van der Waals surface area contributed by atoms with E-state index in [2.05, 4.69) is 116 Å². The van der Waals surface area contributed by atoms with Gasteiger partial charge in [-0.2, -0.15) is 0 Å².